The van der Waals surface area contributed by atoms with Gasteiger partial charge in [-0.1, -0.05) is 6.07 Å². The number of phenols is 1. The molecule has 0 aliphatic heterocycles. The molecule has 2 rings (SSSR count). The highest BCUT2D eigenvalue weighted by Crippen LogP contribution is 2.32. The van der Waals surface area contributed by atoms with Gasteiger partial charge in [0, 0.05) is 12.4 Å². The third-order valence-electron chi connectivity index (χ3n) is 2.18. The molecule has 7 heteroatoms. The van der Waals surface area contributed by atoms with E-state index in [-0.39, 0.29) is 16.3 Å². The summed E-state index contributed by atoms with van der Waals surface area (Å²) in [5.74, 6) is -0.162. The van der Waals surface area contributed by atoms with Crippen LogP contribution in [0.25, 0.3) is 0 Å². The molecule has 5 nitrogen and oxygen atoms in total. The van der Waals surface area contributed by atoms with Crippen LogP contribution in [0.1, 0.15) is 0 Å². The first-order valence-electron chi connectivity index (χ1n) is 4.91. The van der Waals surface area contributed by atoms with Gasteiger partial charge in [-0.15, -0.1) is 0 Å². The van der Waals surface area contributed by atoms with Crippen LogP contribution in [0.5, 0.6) is 5.75 Å². The van der Waals surface area contributed by atoms with Crippen molar-refractivity contribution < 1.29 is 13.5 Å². The van der Waals surface area contributed by atoms with E-state index in [2.05, 4.69) is 25.6 Å². The molecule has 2 N–H and O–H groups in total. The number of para-hydroxylation sites is 1. The Morgan fingerprint density at radius 3 is 2.67 bits per heavy atom. The fourth-order valence-electron chi connectivity index (χ4n) is 1.31. The Morgan fingerprint density at radius 2 is 2.00 bits per heavy atom. The number of nitrogens with zero attached hydrogens (tertiary/aromatic N) is 1. The minimum absolute atomic E-state index is 0.0318. The van der Waals surface area contributed by atoms with Gasteiger partial charge in [-0.3, -0.25) is 9.71 Å². The molecule has 94 valence electrons. The lowest BCUT2D eigenvalue weighted by Gasteiger charge is -2.09. The van der Waals surface area contributed by atoms with Gasteiger partial charge in [0.05, 0.1) is 10.2 Å². The molecule has 0 aliphatic carbocycles. The van der Waals surface area contributed by atoms with Crippen molar-refractivity contribution in [3.63, 3.8) is 0 Å². The highest BCUT2D eigenvalue weighted by Gasteiger charge is 2.16. The smallest absolute Gasteiger partial charge is 0.263 e. The molecule has 18 heavy (non-hydrogen) atoms. The van der Waals surface area contributed by atoms with E-state index in [0.717, 1.165) is 0 Å². The van der Waals surface area contributed by atoms with Gasteiger partial charge in [-0.2, -0.15) is 0 Å². The summed E-state index contributed by atoms with van der Waals surface area (Å²) in [6.07, 6.45) is 2.72. The van der Waals surface area contributed by atoms with E-state index in [1.807, 2.05) is 0 Å². The van der Waals surface area contributed by atoms with Crippen LogP contribution in [-0.2, 0) is 10.0 Å². The molecule has 0 spiro atoms. The van der Waals surface area contributed by atoms with Crippen LogP contribution in [-0.4, -0.2) is 18.5 Å². The van der Waals surface area contributed by atoms with Gasteiger partial charge in [0.1, 0.15) is 4.90 Å². The lowest BCUT2D eigenvalue weighted by atomic mass is 10.3. The van der Waals surface area contributed by atoms with Crippen molar-refractivity contribution in [3.8, 4) is 5.75 Å². The van der Waals surface area contributed by atoms with Crippen molar-refractivity contribution in [2.75, 3.05) is 4.72 Å². The fraction of sp³-hybridized carbons (Fsp3) is 0. The highest BCUT2D eigenvalue weighted by atomic mass is 79.9. The molecule has 1 heterocycles. The molecule has 0 radical (unpaired) electrons. The standard InChI is InChI=1S/C11H9BrN2O3S/c12-9-4-1-5-10(11(9)15)14-18(16,17)8-3-2-6-13-7-8/h1-7,14-15H. The first kappa shape index (κ1) is 12.8. The van der Waals surface area contributed by atoms with E-state index in [0.29, 0.717) is 4.47 Å². The minimum Gasteiger partial charge on any atom is -0.505 e. The van der Waals surface area contributed by atoms with E-state index in [1.165, 1.54) is 30.6 Å². The zero-order valence-corrected chi connectivity index (χ0v) is 11.4. The number of sulfonamides is 1. The van der Waals surface area contributed by atoms with Gasteiger partial charge < -0.3 is 5.11 Å². The number of hydrogen-bond acceptors (Lipinski definition) is 4. The van der Waals surface area contributed by atoms with Crippen LogP contribution >= 0.6 is 15.9 Å². The molecule has 0 bridgehead atoms. The Kier molecular flexibility index (Phi) is 3.53. The van der Waals surface area contributed by atoms with Crippen LogP contribution in [0.3, 0.4) is 0 Å². The SMILES string of the molecule is O=S(=O)(Nc1cccc(Br)c1O)c1cccnc1. The number of rotatable bonds is 3. The van der Waals surface area contributed by atoms with E-state index in [1.54, 1.807) is 12.1 Å². The van der Waals surface area contributed by atoms with E-state index in [4.69, 9.17) is 0 Å². The van der Waals surface area contributed by atoms with Gasteiger partial charge in [-0.05, 0) is 40.2 Å². The summed E-state index contributed by atoms with van der Waals surface area (Å²) in [4.78, 5) is 3.77. The predicted molar refractivity (Wildman–Crippen MR) is 70.9 cm³/mol. The first-order valence-corrected chi connectivity index (χ1v) is 7.18. The van der Waals surface area contributed by atoms with Crippen LogP contribution in [0.4, 0.5) is 5.69 Å². The third-order valence-corrected chi connectivity index (χ3v) is 4.17. The van der Waals surface area contributed by atoms with E-state index in [9.17, 15) is 13.5 Å². The Bertz CT molecular complexity index is 659. The van der Waals surface area contributed by atoms with Crippen molar-refractivity contribution in [1.29, 1.82) is 0 Å². The number of halogens is 1. The molecule has 0 fully saturated rings. The largest absolute Gasteiger partial charge is 0.505 e. The first-order chi connectivity index (χ1) is 8.50. The summed E-state index contributed by atoms with van der Waals surface area (Å²) < 4.78 is 26.7. The molecule has 0 atom stereocenters. The van der Waals surface area contributed by atoms with Crippen LogP contribution in [0.2, 0.25) is 0 Å². The molecule has 0 saturated heterocycles. The fourth-order valence-corrected chi connectivity index (χ4v) is 2.70. The molecule has 1 aromatic heterocycles. The van der Waals surface area contributed by atoms with Crippen LogP contribution in [0.15, 0.2) is 52.1 Å². The van der Waals surface area contributed by atoms with E-state index >= 15 is 0 Å². The quantitative estimate of drug-likeness (QED) is 0.847. The van der Waals surface area contributed by atoms with Crippen molar-refractivity contribution >= 4 is 31.6 Å². The highest BCUT2D eigenvalue weighted by molar-refractivity contribution is 9.10. The number of nitrogens with one attached hydrogen (secondary N) is 1. The number of benzene rings is 1. The summed E-state index contributed by atoms with van der Waals surface area (Å²) in [6, 6.07) is 7.63. The van der Waals surface area contributed by atoms with Crippen molar-refractivity contribution in [2.45, 2.75) is 4.90 Å². The Hall–Kier alpha value is -1.60. The molecule has 1 aromatic carbocycles. The maximum Gasteiger partial charge on any atom is 0.263 e. The second-order valence-electron chi connectivity index (χ2n) is 3.43. The number of phenolic OH excluding ortho intramolecular Hbond substituents is 1. The third kappa shape index (κ3) is 2.62. The summed E-state index contributed by atoms with van der Waals surface area (Å²) >= 11 is 3.11. The zero-order chi connectivity index (χ0) is 13.2. The summed E-state index contributed by atoms with van der Waals surface area (Å²) in [6.45, 7) is 0. The van der Waals surface area contributed by atoms with Gasteiger partial charge in [0.25, 0.3) is 10.0 Å². The lowest BCUT2D eigenvalue weighted by molar-refractivity contribution is 0.474. The van der Waals surface area contributed by atoms with Crippen molar-refractivity contribution in [3.05, 3.63) is 47.2 Å². The molecular formula is C11H9BrN2O3S. The molecule has 0 aliphatic rings. The van der Waals surface area contributed by atoms with E-state index < -0.39 is 10.0 Å². The van der Waals surface area contributed by atoms with Crippen molar-refractivity contribution in [2.24, 2.45) is 0 Å². The molecular weight excluding hydrogens is 320 g/mol. The number of aromatic hydroxyl groups is 1. The topological polar surface area (TPSA) is 79.3 Å². The molecule has 0 unspecified atom stereocenters. The molecule has 0 saturated carbocycles. The number of aromatic nitrogens is 1. The normalized spacial score (nSPS) is 11.2. The second-order valence-corrected chi connectivity index (χ2v) is 5.97. The average Bonchev–Trinajstić information content (AvgIpc) is 2.36. The Balaban J connectivity index is 2.37. The van der Waals surface area contributed by atoms with Gasteiger partial charge in [-0.25, -0.2) is 8.42 Å². The average molecular weight is 329 g/mol. The minimum atomic E-state index is -3.75. The number of pyridine rings is 1. The summed E-state index contributed by atoms with van der Waals surface area (Å²) in [5.41, 5.74) is 0.105. The maximum absolute atomic E-state index is 12.0. The number of anilines is 1. The van der Waals surface area contributed by atoms with Crippen LogP contribution in [0, 0.1) is 0 Å². The number of hydrogen-bond donors (Lipinski definition) is 2. The van der Waals surface area contributed by atoms with Gasteiger partial charge in [0.2, 0.25) is 0 Å². The Morgan fingerprint density at radius 1 is 1.22 bits per heavy atom. The van der Waals surface area contributed by atoms with Crippen LogP contribution < -0.4 is 4.72 Å². The summed E-state index contributed by atoms with van der Waals surface area (Å²) in [7, 11) is -3.75. The molecule has 0 amide bonds. The summed E-state index contributed by atoms with van der Waals surface area (Å²) in [5, 5.41) is 9.72. The molecule has 2 aromatic rings. The van der Waals surface area contributed by atoms with Gasteiger partial charge in [0.15, 0.2) is 5.75 Å². The zero-order valence-electron chi connectivity index (χ0n) is 9.04. The van der Waals surface area contributed by atoms with Crippen molar-refractivity contribution in [1.82, 2.24) is 4.98 Å². The maximum atomic E-state index is 12.0. The monoisotopic (exact) mass is 328 g/mol. The van der Waals surface area contributed by atoms with Gasteiger partial charge >= 0.3 is 0 Å². The Labute approximate surface area is 113 Å². The predicted octanol–water partition coefficient (Wildman–Crippen LogP) is 2.35. The second kappa shape index (κ2) is 4.95. The lowest BCUT2D eigenvalue weighted by Crippen LogP contribution is -2.13.